The standard InChI is InChI=1S/C24H31N5O2/c1-19-11-13-27(14-12-19)22-8-9-23(26-25-22)28-15-17-29(18-16-28)24(30)10-5-20-3-6-21(31-2)7-4-20/h3-10,19H,11-18H2,1-2H3/b10-5+. The Labute approximate surface area is 184 Å². The number of hydrogen-bond donors (Lipinski definition) is 0. The molecule has 2 saturated heterocycles. The van der Waals surface area contributed by atoms with E-state index < -0.39 is 0 Å². The average Bonchev–Trinajstić information content (AvgIpc) is 2.83. The zero-order chi connectivity index (χ0) is 21.6. The maximum absolute atomic E-state index is 12.5. The summed E-state index contributed by atoms with van der Waals surface area (Å²) in [6.07, 6.45) is 5.92. The fourth-order valence-corrected chi connectivity index (χ4v) is 4.04. The zero-order valence-electron chi connectivity index (χ0n) is 18.4. The molecule has 2 aromatic rings. The van der Waals surface area contributed by atoms with Gasteiger partial charge in [-0.2, -0.15) is 0 Å². The number of anilines is 2. The van der Waals surface area contributed by atoms with Gasteiger partial charge >= 0.3 is 0 Å². The van der Waals surface area contributed by atoms with E-state index in [0.717, 1.165) is 55.0 Å². The van der Waals surface area contributed by atoms with Crippen LogP contribution in [0.25, 0.3) is 6.08 Å². The van der Waals surface area contributed by atoms with E-state index in [9.17, 15) is 4.79 Å². The number of rotatable bonds is 5. The molecule has 0 bridgehead atoms. The predicted octanol–water partition coefficient (Wildman–Crippen LogP) is 3.08. The number of piperazine rings is 1. The lowest BCUT2D eigenvalue weighted by molar-refractivity contribution is -0.126. The fourth-order valence-electron chi connectivity index (χ4n) is 4.04. The largest absolute Gasteiger partial charge is 0.497 e. The normalized spacial score (nSPS) is 17.9. The topological polar surface area (TPSA) is 61.8 Å². The summed E-state index contributed by atoms with van der Waals surface area (Å²) in [5.41, 5.74) is 0.978. The van der Waals surface area contributed by atoms with Crippen LogP contribution in [0.1, 0.15) is 25.3 Å². The number of carbonyl (C=O) groups is 1. The van der Waals surface area contributed by atoms with Crippen LogP contribution in [0.15, 0.2) is 42.5 Å². The second-order valence-electron chi connectivity index (χ2n) is 8.34. The molecular weight excluding hydrogens is 390 g/mol. The highest BCUT2D eigenvalue weighted by molar-refractivity contribution is 5.92. The number of nitrogens with zero attached hydrogens (tertiary/aromatic N) is 5. The molecule has 7 nitrogen and oxygen atoms in total. The van der Waals surface area contributed by atoms with Crippen molar-refractivity contribution in [3.63, 3.8) is 0 Å². The van der Waals surface area contributed by atoms with Gasteiger partial charge in [0.1, 0.15) is 5.75 Å². The monoisotopic (exact) mass is 421 g/mol. The van der Waals surface area contributed by atoms with Gasteiger partial charge in [0, 0.05) is 45.3 Å². The van der Waals surface area contributed by atoms with Gasteiger partial charge in [0.15, 0.2) is 11.6 Å². The summed E-state index contributed by atoms with van der Waals surface area (Å²) in [6, 6.07) is 11.8. The van der Waals surface area contributed by atoms with Crippen LogP contribution in [-0.4, -0.2) is 67.4 Å². The molecule has 164 valence electrons. The Balaban J connectivity index is 1.27. The highest BCUT2D eigenvalue weighted by Gasteiger charge is 2.22. The minimum atomic E-state index is 0.0382. The molecule has 0 atom stereocenters. The van der Waals surface area contributed by atoms with Crippen molar-refractivity contribution in [2.45, 2.75) is 19.8 Å². The van der Waals surface area contributed by atoms with Crippen LogP contribution < -0.4 is 14.5 Å². The van der Waals surface area contributed by atoms with Crippen LogP contribution in [0.5, 0.6) is 5.75 Å². The number of methoxy groups -OCH3 is 1. The van der Waals surface area contributed by atoms with Gasteiger partial charge in [0.25, 0.3) is 0 Å². The van der Waals surface area contributed by atoms with E-state index in [0.29, 0.717) is 13.1 Å². The Hall–Kier alpha value is -3.09. The second-order valence-corrected chi connectivity index (χ2v) is 8.34. The summed E-state index contributed by atoms with van der Waals surface area (Å²) in [7, 11) is 1.64. The summed E-state index contributed by atoms with van der Waals surface area (Å²) < 4.78 is 5.16. The zero-order valence-corrected chi connectivity index (χ0v) is 18.4. The summed E-state index contributed by atoms with van der Waals surface area (Å²) >= 11 is 0. The van der Waals surface area contributed by atoms with E-state index in [1.807, 2.05) is 35.2 Å². The Kier molecular flexibility index (Phi) is 6.70. The maximum atomic E-state index is 12.5. The molecule has 3 heterocycles. The minimum Gasteiger partial charge on any atom is -0.497 e. The molecule has 4 rings (SSSR count). The molecule has 0 radical (unpaired) electrons. The minimum absolute atomic E-state index is 0.0382. The first kappa shape index (κ1) is 21.2. The van der Waals surface area contributed by atoms with E-state index in [-0.39, 0.29) is 5.91 Å². The molecule has 0 saturated carbocycles. The van der Waals surface area contributed by atoms with Crippen LogP contribution in [-0.2, 0) is 4.79 Å². The molecule has 0 aliphatic carbocycles. The lowest BCUT2D eigenvalue weighted by atomic mass is 9.99. The lowest BCUT2D eigenvalue weighted by Gasteiger charge is -2.35. The Morgan fingerprint density at radius 1 is 0.903 bits per heavy atom. The summed E-state index contributed by atoms with van der Waals surface area (Å²) in [5, 5.41) is 8.93. The predicted molar refractivity (Wildman–Crippen MR) is 123 cm³/mol. The van der Waals surface area contributed by atoms with Crippen molar-refractivity contribution < 1.29 is 9.53 Å². The van der Waals surface area contributed by atoms with Crippen LogP contribution in [0.4, 0.5) is 11.6 Å². The molecule has 1 aromatic carbocycles. The Bertz CT molecular complexity index is 881. The lowest BCUT2D eigenvalue weighted by Crippen LogP contribution is -2.48. The van der Waals surface area contributed by atoms with Crippen molar-refractivity contribution in [3.8, 4) is 5.75 Å². The van der Waals surface area contributed by atoms with Crippen molar-refractivity contribution in [2.75, 3.05) is 56.2 Å². The maximum Gasteiger partial charge on any atom is 0.246 e. The summed E-state index contributed by atoms with van der Waals surface area (Å²) in [5.74, 6) is 3.49. The van der Waals surface area contributed by atoms with Crippen LogP contribution in [0.2, 0.25) is 0 Å². The van der Waals surface area contributed by atoms with E-state index >= 15 is 0 Å². The van der Waals surface area contributed by atoms with Gasteiger partial charge in [-0.25, -0.2) is 0 Å². The van der Waals surface area contributed by atoms with Crippen molar-refractivity contribution in [3.05, 3.63) is 48.0 Å². The summed E-state index contributed by atoms with van der Waals surface area (Å²) in [6.45, 7) is 7.30. The molecule has 0 spiro atoms. The first-order valence-corrected chi connectivity index (χ1v) is 11.1. The van der Waals surface area contributed by atoms with Gasteiger partial charge in [0.05, 0.1) is 7.11 Å². The first-order valence-electron chi connectivity index (χ1n) is 11.1. The molecule has 2 fully saturated rings. The van der Waals surface area contributed by atoms with Crippen molar-refractivity contribution >= 4 is 23.6 Å². The molecule has 0 unspecified atom stereocenters. The van der Waals surface area contributed by atoms with Crippen molar-refractivity contribution in [1.82, 2.24) is 15.1 Å². The van der Waals surface area contributed by atoms with E-state index in [4.69, 9.17) is 4.74 Å². The van der Waals surface area contributed by atoms with Gasteiger partial charge in [-0.1, -0.05) is 19.1 Å². The highest BCUT2D eigenvalue weighted by Crippen LogP contribution is 2.22. The quantitative estimate of drug-likeness (QED) is 0.692. The molecule has 0 N–H and O–H groups in total. The number of amides is 1. The van der Waals surface area contributed by atoms with Gasteiger partial charge in [-0.05, 0) is 54.7 Å². The smallest absolute Gasteiger partial charge is 0.246 e. The molecule has 2 aliphatic heterocycles. The van der Waals surface area contributed by atoms with E-state index in [1.165, 1.54) is 12.8 Å². The second kappa shape index (κ2) is 9.81. The van der Waals surface area contributed by atoms with Gasteiger partial charge in [-0.15, -0.1) is 10.2 Å². The molecule has 7 heteroatoms. The van der Waals surface area contributed by atoms with Crippen molar-refractivity contribution in [2.24, 2.45) is 5.92 Å². The SMILES string of the molecule is COc1ccc(/C=C/C(=O)N2CCN(c3ccc(N4CCC(C)CC4)nn3)CC2)cc1. The first-order chi connectivity index (χ1) is 15.1. The number of carbonyl (C=O) groups excluding carboxylic acids is 1. The number of piperidine rings is 1. The number of benzene rings is 1. The van der Waals surface area contributed by atoms with E-state index in [1.54, 1.807) is 13.2 Å². The molecule has 31 heavy (non-hydrogen) atoms. The summed E-state index contributed by atoms with van der Waals surface area (Å²) in [4.78, 5) is 18.9. The van der Waals surface area contributed by atoms with Crippen LogP contribution in [0, 0.1) is 5.92 Å². The average molecular weight is 422 g/mol. The molecular formula is C24H31N5O2. The highest BCUT2D eigenvalue weighted by atomic mass is 16.5. The third-order valence-electron chi connectivity index (χ3n) is 6.19. The van der Waals surface area contributed by atoms with E-state index in [2.05, 4.69) is 39.1 Å². The third-order valence-corrected chi connectivity index (χ3v) is 6.19. The van der Waals surface area contributed by atoms with Crippen LogP contribution >= 0.6 is 0 Å². The molecule has 1 aromatic heterocycles. The van der Waals surface area contributed by atoms with Crippen molar-refractivity contribution in [1.29, 1.82) is 0 Å². The molecule has 1 amide bonds. The Morgan fingerprint density at radius 2 is 1.48 bits per heavy atom. The molecule has 2 aliphatic rings. The van der Waals surface area contributed by atoms with Crippen LogP contribution in [0.3, 0.4) is 0 Å². The number of hydrogen-bond acceptors (Lipinski definition) is 6. The third kappa shape index (κ3) is 5.34. The fraction of sp³-hybridized carbons (Fsp3) is 0.458. The van der Waals surface area contributed by atoms with Gasteiger partial charge in [0.2, 0.25) is 5.91 Å². The Morgan fingerprint density at radius 3 is 2.03 bits per heavy atom. The van der Waals surface area contributed by atoms with Gasteiger partial charge < -0.3 is 19.4 Å². The van der Waals surface area contributed by atoms with Gasteiger partial charge in [-0.3, -0.25) is 4.79 Å². The number of aromatic nitrogens is 2. The number of ether oxygens (including phenoxy) is 1.